The van der Waals surface area contributed by atoms with Crippen molar-refractivity contribution in [2.75, 3.05) is 19.4 Å². The molecule has 0 saturated carbocycles. The average Bonchev–Trinajstić information content (AvgIpc) is 1.99. The summed E-state index contributed by atoms with van der Waals surface area (Å²) in [6.45, 7) is 4.55. The Labute approximate surface area is 79.3 Å². The van der Waals surface area contributed by atoms with Crippen molar-refractivity contribution >= 4 is 15.9 Å². The molecule has 0 spiro atoms. The highest BCUT2D eigenvalue weighted by Crippen LogP contribution is 2.14. The molecule has 0 aliphatic heterocycles. The Kier molecular flexibility index (Phi) is 6.25. The Hall–Kier alpha value is 0.440. The summed E-state index contributed by atoms with van der Waals surface area (Å²) in [5.41, 5.74) is 0. The second-order valence-corrected chi connectivity index (χ2v) is 4.17. The molecule has 68 valence electrons. The summed E-state index contributed by atoms with van der Waals surface area (Å²) in [6.07, 6.45) is 2.55. The monoisotopic (exact) mass is 221 g/mol. The van der Waals surface area contributed by atoms with Crippen LogP contribution in [0.25, 0.3) is 0 Å². The van der Waals surface area contributed by atoms with E-state index in [1.165, 1.54) is 12.8 Å². The lowest BCUT2D eigenvalue weighted by Gasteiger charge is -2.25. The van der Waals surface area contributed by atoms with Crippen molar-refractivity contribution < 1.29 is 0 Å². The molecule has 0 bridgehead atoms. The molecule has 11 heavy (non-hydrogen) atoms. The maximum atomic E-state index is 3.50. The molecule has 0 N–H and O–H groups in total. The highest BCUT2D eigenvalue weighted by atomic mass is 79.9. The summed E-state index contributed by atoms with van der Waals surface area (Å²) < 4.78 is 0. The van der Waals surface area contributed by atoms with Gasteiger partial charge in [-0.15, -0.1) is 0 Å². The standard InChI is InChI=1S/C9H20BrN/c1-5-9(11(3)4)6-8(2)7-10/h8-9H,5-7H2,1-4H3. The van der Waals surface area contributed by atoms with Crippen LogP contribution in [0.2, 0.25) is 0 Å². The predicted molar refractivity (Wildman–Crippen MR) is 55.3 cm³/mol. The van der Waals surface area contributed by atoms with Gasteiger partial charge in [0.2, 0.25) is 0 Å². The SMILES string of the molecule is CCC(CC(C)CBr)N(C)C. The Balaban J connectivity index is 3.68. The zero-order valence-corrected chi connectivity index (χ0v) is 9.69. The van der Waals surface area contributed by atoms with Gasteiger partial charge in [-0.2, -0.15) is 0 Å². The van der Waals surface area contributed by atoms with E-state index in [-0.39, 0.29) is 0 Å². The van der Waals surface area contributed by atoms with E-state index in [0.29, 0.717) is 0 Å². The third-order valence-electron chi connectivity index (χ3n) is 2.14. The molecule has 0 fully saturated rings. The molecule has 0 saturated heterocycles. The average molecular weight is 222 g/mol. The van der Waals surface area contributed by atoms with E-state index < -0.39 is 0 Å². The van der Waals surface area contributed by atoms with Crippen molar-refractivity contribution in [1.82, 2.24) is 4.90 Å². The van der Waals surface area contributed by atoms with E-state index in [9.17, 15) is 0 Å². The summed E-state index contributed by atoms with van der Waals surface area (Å²) in [4.78, 5) is 2.32. The minimum Gasteiger partial charge on any atom is -0.306 e. The van der Waals surface area contributed by atoms with Crippen LogP contribution in [-0.2, 0) is 0 Å². The summed E-state index contributed by atoms with van der Waals surface area (Å²) in [5.74, 6) is 0.794. The van der Waals surface area contributed by atoms with Gasteiger partial charge in [-0.25, -0.2) is 0 Å². The quantitative estimate of drug-likeness (QED) is 0.646. The minimum absolute atomic E-state index is 0.752. The first-order valence-corrected chi connectivity index (χ1v) is 5.46. The molecule has 0 aromatic heterocycles. The van der Waals surface area contributed by atoms with Crippen LogP contribution in [0, 0.1) is 5.92 Å². The number of hydrogen-bond acceptors (Lipinski definition) is 1. The van der Waals surface area contributed by atoms with Gasteiger partial charge in [0.15, 0.2) is 0 Å². The third-order valence-corrected chi connectivity index (χ3v) is 3.24. The molecule has 0 heterocycles. The van der Waals surface area contributed by atoms with E-state index in [4.69, 9.17) is 0 Å². The molecular weight excluding hydrogens is 202 g/mol. The van der Waals surface area contributed by atoms with E-state index in [0.717, 1.165) is 17.3 Å². The number of hydrogen-bond donors (Lipinski definition) is 0. The lowest BCUT2D eigenvalue weighted by atomic mass is 10.0. The van der Waals surface area contributed by atoms with Crippen LogP contribution in [-0.4, -0.2) is 30.4 Å². The first-order chi connectivity index (χ1) is 5.11. The van der Waals surface area contributed by atoms with Crippen molar-refractivity contribution in [1.29, 1.82) is 0 Å². The predicted octanol–water partition coefficient (Wildman–Crippen LogP) is 2.75. The van der Waals surface area contributed by atoms with Gasteiger partial charge in [0.05, 0.1) is 0 Å². The highest BCUT2D eigenvalue weighted by molar-refractivity contribution is 9.09. The van der Waals surface area contributed by atoms with Crippen molar-refractivity contribution in [3.05, 3.63) is 0 Å². The van der Waals surface area contributed by atoms with Crippen LogP contribution in [0.1, 0.15) is 26.7 Å². The molecule has 0 radical (unpaired) electrons. The van der Waals surface area contributed by atoms with Crippen LogP contribution < -0.4 is 0 Å². The van der Waals surface area contributed by atoms with Crippen LogP contribution in [0.4, 0.5) is 0 Å². The molecule has 2 heteroatoms. The van der Waals surface area contributed by atoms with Crippen LogP contribution in [0.5, 0.6) is 0 Å². The zero-order chi connectivity index (χ0) is 8.85. The molecule has 0 rings (SSSR count). The van der Waals surface area contributed by atoms with E-state index in [1.807, 2.05) is 0 Å². The molecule has 0 aliphatic rings. The molecule has 1 nitrogen and oxygen atoms in total. The normalized spacial score (nSPS) is 16.9. The van der Waals surface area contributed by atoms with Gasteiger partial charge in [-0.1, -0.05) is 29.8 Å². The fraction of sp³-hybridized carbons (Fsp3) is 1.00. The van der Waals surface area contributed by atoms with Crippen LogP contribution >= 0.6 is 15.9 Å². The fourth-order valence-electron chi connectivity index (χ4n) is 1.27. The van der Waals surface area contributed by atoms with Crippen LogP contribution in [0.3, 0.4) is 0 Å². The van der Waals surface area contributed by atoms with Crippen molar-refractivity contribution in [3.63, 3.8) is 0 Å². The number of rotatable bonds is 5. The Morgan fingerprint density at radius 3 is 2.18 bits per heavy atom. The van der Waals surface area contributed by atoms with Gasteiger partial charge >= 0.3 is 0 Å². The zero-order valence-electron chi connectivity index (χ0n) is 8.10. The summed E-state index contributed by atoms with van der Waals surface area (Å²) in [7, 11) is 4.32. The highest BCUT2D eigenvalue weighted by Gasteiger charge is 2.11. The number of nitrogens with zero attached hydrogens (tertiary/aromatic N) is 1. The van der Waals surface area contributed by atoms with Gasteiger partial charge < -0.3 is 4.90 Å². The Morgan fingerprint density at radius 1 is 1.36 bits per heavy atom. The molecular formula is C9H20BrN. The van der Waals surface area contributed by atoms with E-state index in [2.05, 4.69) is 48.8 Å². The topological polar surface area (TPSA) is 3.24 Å². The summed E-state index contributed by atoms with van der Waals surface area (Å²) >= 11 is 3.50. The molecule has 0 aliphatic carbocycles. The first kappa shape index (κ1) is 11.4. The molecule has 0 aromatic rings. The number of halogens is 1. The third kappa shape index (κ3) is 4.81. The fourth-order valence-corrected chi connectivity index (χ4v) is 1.53. The molecule has 0 aromatic carbocycles. The Bertz CT molecular complexity index is 93.6. The largest absolute Gasteiger partial charge is 0.306 e. The van der Waals surface area contributed by atoms with Gasteiger partial charge in [-0.3, -0.25) is 0 Å². The van der Waals surface area contributed by atoms with Gasteiger partial charge in [0.25, 0.3) is 0 Å². The van der Waals surface area contributed by atoms with Crippen molar-refractivity contribution in [3.8, 4) is 0 Å². The van der Waals surface area contributed by atoms with E-state index in [1.54, 1.807) is 0 Å². The second-order valence-electron chi connectivity index (χ2n) is 3.52. The smallest absolute Gasteiger partial charge is 0.00893 e. The number of alkyl halides is 1. The second kappa shape index (κ2) is 6.01. The molecule has 0 amide bonds. The van der Waals surface area contributed by atoms with Crippen LogP contribution in [0.15, 0.2) is 0 Å². The van der Waals surface area contributed by atoms with Gasteiger partial charge in [-0.05, 0) is 32.9 Å². The van der Waals surface area contributed by atoms with Gasteiger partial charge in [0, 0.05) is 11.4 Å². The summed E-state index contributed by atoms with van der Waals surface area (Å²) in [6, 6.07) is 0.752. The maximum Gasteiger partial charge on any atom is 0.00893 e. The van der Waals surface area contributed by atoms with E-state index >= 15 is 0 Å². The maximum absolute atomic E-state index is 3.50. The molecule has 2 atom stereocenters. The Morgan fingerprint density at radius 2 is 1.91 bits per heavy atom. The first-order valence-electron chi connectivity index (χ1n) is 4.34. The minimum atomic E-state index is 0.752. The lowest BCUT2D eigenvalue weighted by molar-refractivity contribution is 0.250. The summed E-state index contributed by atoms with van der Waals surface area (Å²) in [5, 5.41) is 1.12. The lowest BCUT2D eigenvalue weighted by Crippen LogP contribution is -2.29. The van der Waals surface area contributed by atoms with Crippen molar-refractivity contribution in [2.45, 2.75) is 32.7 Å². The van der Waals surface area contributed by atoms with Crippen molar-refractivity contribution in [2.24, 2.45) is 5.92 Å². The van der Waals surface area contributed by atoms with Gasteiger partial charge in [0.1, 0.15) is 0 Å². The molecule has 2 unspecified atom stereocenters.